The lowest BCUT2D eigenvalue weighted by Gasteiger charge is -2.17. The number of hydrazine groups is 1. The van der Waals surface area contributed by atoms with Gasteiger partial charge >= 0.3 is 5.97 Å². The number of benzene rings is 1. The number of esters is 1. The molecular weight excluding hydrogens is 420 g/mol. The number of rotatable bonds is 7. The summed E-state index contributed by atoms with van der Waals surface area (Å²) in [5.41, 5.74) is 7.16. The first-order chi connectivity index (χ1) is 14.9. The van der Waals surface area contributed by atoms with Crippen molar-refractivity contribution in [2.45, 2.75) is 33.1 Å². The third-order valence-corrected chi connectivity index (χ3v) is 5.75. The number of hydrogen-bond donors (Lipinski definition) is 2. The summed E-state index contributed by atoms with van der Waals surface area (Å²) in [4.78, 5) is 53.9. The highest BCUT2D eigenvalue weighted by Crippen LogP contribution is 2.26. The van der Waals surface area contributed by atoms with Crippen LogP contribution in [0.2, 0.25) is 0 Å². The van der Waals surface area contributed by atoms with E-state index in [9.17, 15) is 19.2 Å². The van der Waals surface area contributed by atoms with E-state index in [-0.39, 0.29) is 25.3 Å². The van der Waals surface area contributed by atoms with E-state index in [1.165, 1.54) is 11.3 Å². The van der Waals surface area contributed by atoms with Crippen molar-refractivity contribution in [3.63, 3.8) is 0 Å². The van der Waals surface area contributed by atoms with Gasteiger partial charge in [-0.25, -0.2) is 4.98 Å². The van der Waals surface area contributed by atoms with Gasteiger partial charge in [0.15, 0.2) is 6.61 Å². The third-order valence-electron chi connectivity index (χ3n) is 4.78. The largest absolute Gasteiger partial charge is 0.455 e. The second-order valence-corrected chi connectivity index (χ2v) is 8.13. The zero-order valence-corrected chi connectivity index (χ0v) is 18.2. The molecule has 31 heavy (non-hydrogen) atoms. The number of ether oxygens (including phenoxy) is 1. The van der Waals surface area contributed by atoms with Crippen molar-refractivity contribution in [2.75, 3.05) is 18.1 Å². The Morgan fingerprint density at radius 3 is 2.55 bits per heavy atom. The van der Waals surface area contributed by atoms with Crippen LogP contribution >= 0.6 is 11.3 Å². The molecule has 1 aliphatic rings. The number of carbonyl (C=O) groups is 4. The van der Waals surface area contributed by atoms with Crippen molar-refractivity contribution >= 4 is 40.7 Å². The fraction of sp³-hybridized carbons (Fsp3) is 0.381. The predicted molar refractivity (Wildman–Crippen MR) is 114 cm³/mol. The van der Waals surface area contributed by atoms with E-state index in [2.05, 4.69) is 15.8 Å². The van der Waals surface area contributed by atoms with Gasteiger partial charge in [-0.2, -0.15) is 0 Å². The Hall–Kier alpha value is -3.27. The average molecular weight is 445 g/mol. The second-order valence-electron chi connectivity index (χ2n) is 7.19. The van der Waals surface area contributed by atoms with E-state index in [0.29, 0.717) is 5.01 Å². The molecular formula is C21H24N4O5S. The maximum absolute atomic E-state index is 12.3. The van der Waals surface area contributed by atoms with E-state index in [0.717, 1.165) is 23.4 Å². The molecule has 1 aliphatic heterocycles. The molecule has 3 rings (SSSR count). The molecule has 1 unspecified atom stereocenters. The molecule has 1 aromatic heterocycles. The van der Waals surface area contributed by atoms with Gasteiger partial charge in [0.2, 0.25) is 11.8 Å². The van der Waals surface area contributed by atoms with Crippen LogP contribution in [0.1, 0.15) is 29.6 Å². The lowest BCUT2D eigenvalue weighted by molar-refractivity contribution is -0.152. The van der Waals surface area contributed by atoms with Gasteiger partial charge in [-0.3, -0.25) is 30.0 Å². The molecule has 0 radical (unpaired) electrons. The highest BCUT2D eigenvalue weighted by atomic mass is 32.1. The number of anilines is 1. The highest BCUT2D eigenvalue weighted by molar-refractivity contribution is 7.09. The first-order valence-corrected chi connectivity index (χ1v) is 10.8. The van der Waals surface area contributed by atoms with Crippen LogP contribution in [0.5, 0.6) is 0 Å². The van der Waals surface area contributed by atoms with Crippen LogP contribution < -0.4 is 15.8 Å². The van der Waals surface area contributed by atoms with Crippen LogP contribution in [0.15, 0.2) is 29.6 Å². The van der Waals surface area contributed by atoms with E-state index in [1.54, 1.807) is 4.90 Å². The van der Waals surface area contributed by atoms with E-state index >= 15 is 0 Å². The van der Waals surface area contributed by atoms with Crippen LogP contribution in [-0.2, 0) is 36.8 Å². The minimum atomic E-state index is -0.673. The van der Waals surface area contributed by atoms with Crippen molar-refractivity contribution < 1.29 is 23.9 Å². The Bertz CT molecular complexity index is 972. The predicted octanol–water partition coefficient (Wildman–Crippen LogP) is 1.30. The van der Waals surface area contributed by atoms with E-state index in [1.807, 2.05) is 43.5 Å². The summed E-state index contributed by atoms with van der Waals surface area (Å²) in [6.45, 7) is 3.53. The molecule has 9 nitrogen and oxygen atoms in total. The van der Waals surface area contributed by atoms with Crippen molar-refractivity contribution in [1.29, 1.82) is 0 Å². The first-order valence-electron chi connectivity index (χ1n) is 9.90. The number of thiazole rings is 1. The molecule has 2 aromatic rings. The minimum absolute atomic E-state index is 0.0277. The molecule has 0 spiro atoms. The van der Waals surface area contributed by atoms with Crippen LogP contribution in [-0.4, -0.2) is 41.8 Å². The Morgan fingerprint density at radius 1 is 1.19 bits per heavy atom. The van der Waals surface area contributed by atoms with Gasteiger partial charge in [-0.15, -0.1) is 11.3 Å². The van der Waals surface area contributed by atoms with Gasteiger partial charge in [-0.05, 0) is 31.0 Å². The third kappa shape index (κ3) is 6.11. The monoisotopic (exact) mass is 444 g/mol. The topological polar surface area (TPSA) is 118 Å². The van der Waals surface area contributed by atoms with Crippen molar-refractivity contribution in [3.8, 4) is 0 Å². The van der Waals surface area contributed by atoms with Gasteiger partial charge < -0.3 is 9.64 Å². The maximum atomic E-state index is 12.3. The molecule has 0 aliphatic carbocycles. The number of hydrogen-bond acceptors (Lipinski definition) is 7. The molecule has 10 heteroatoms. The lowest BCUT2D eigenvalue weighted by Crippen LogP contribution is -2.44. The first kappa shape index (κ1) is 22.4. The van der Waals surface area contributed by atoms with Gasteiger partial charge in [-0.1, -0.05) is 19.1 Å². The van der Waals surface area contributed by atoms with E-state index in [4.69, 9.17) is 4.74 Å². The Labute approximate surface area is 183 Å². The summed E-state index contributed by atoms with van der Waals surface area (Å²) in [6, 6.07) is 7.60. The fourth-order valence-electron chi connectivity index (χ4n) is 3.12. The van der Waals surface area contributed by atoms with Crippen LogP contribution in [0.4, 0.5) is 5.69 Å². The fourth-order valence-corrected chi connectivity index (χ4v) is 3.89. The summed E-state index contributed by atoms with van der Waals surface area (Å²) in [5, 5.41) is 2.46. The summed E-state index contributed by atoms with van der Waals surface area (Å²) in [6.07, 6.45) is 0.966. The van der Waals surface area contributed by atoms with Crippen molar-refractivity contribution in [1.82, 2.24) is 15.8 Å². The molecule has 1 saturated heterocycles. The molecule has 2 heterocycles. The molecule has 1 aromatic carbocycles. The minimum Gasteiger partial charge on any atom is -0.455 e. The zero-order chi connectivity index (χ0) is 22.4. The summed E-state index contributed by atoms with van der Waals surface area (Å²) >= 11 is 1.36. The molecule has 2 N–H and O–H groups in total. The van der Waals surface area contributed by atoms with Crippen molar-refractivity contribution in [2.24, 2.45) is 5.92 Å². The SMILES string of the molecule is CCc1ccc(N2CC(C(=O)OCC(=O)NNC(=O)Cc3nc(C)cs3)CC2=O)cc1. The molecule has 164 valence electrons. The van der Waals surface area contributed by atoms with Gasteiger partial charge in [0, 0.05) is 29.7 Å². The number of carbonyl (C=O) groups excluding carboxylic acids is 4. The van der Waals surface area contributed by atoms with Gasteiger partial charge in [0.25, 0.3) is 5.91 Å². The van der Waals surface area contributed by atoms with Crippen LogP contribution in [0, 0.1) is 12.8 Å². The molecule has 1 atom stereocenters. The molecule has 0 bridgehead atoms. The molecule has 0 saturated carbocycles. The summed E-state index contributed by atoms with van der Waals surface area (Å²) < 4.78 is 5.02. The average Bonchev–Trinajstić information content (AvgIpc) is 3.35. The quantitative estimate of drug-likeness (QED) is 0.491. The highest BCUT2D eigenvalue weighted by Gasteiger charge is 2.36. The van der Waals surface area contributed by atoms with Crippen LogP contribution in [0.3, 0.4) is 0 Å². The lowest BCUT2D eigenvalue weighted by atomic mass is 10.1. The smallest absolute Gasteiger partial charge is 0.311 e. The van der Waals surface area contributed by atoms with Crippen molar-refractivity contribution in [3.05, 3.63) is 45.9 Å². The van der Waals surface area contributed by atoms with Gasteiger partial charge in [0.1, 0.15) is 5.01 Å². The maximum Gasteiger partial charge on any atom is 0.311 e. The Balaban J connectivity index is 1.41. The number of aryl methyl sites for hydroxylation is 2. The number of nitrogens with zero attached hydrogens (tertiary/aromatic N) is 2. The second kappa shape index (κ2) is 10.2. The summed E-state index contributed by atoms with van der Waals surface area (Å²) in [5.74, 6) is -2.54. The summed E-state index contributed by atoms with van der Waals surface area (Å²) in [7, 11) is 0. The standard InChI is InChI=1S/C21H24N4O5S/c1-3-14-4-6-16(7-5-14)25-10-15(8-20(25)28)21(29)30-11-18(27)24-23-17(26)9-19-22-13(2)12-31-19/h4-7,12,15H,3,8-11H2,1-2H3,(H,23,26)(H,24,27). The Morgan fingerprint density at radius 2 is 1.90 bits per heavy atom. The van der Waals surface area contributed by atoms with E-state index < -0.39 is 30.3 Å². The Kier molecular flexibility index (Phi) is 7.35. The zero-order valence-electron chi connectivity index (χ0n) is 17.3. The van der Waals surface area contributed by atoms with Gasteiger partial charge in [0.05, 0.1) is 12.3 Å². The number of nitrogens with one attached hydrogen (secondary N) is 2. The van der Waals surface area contributed by atoms with Crippen LogP contribution in [0.25, 0.3) is 0 Å². The molecule has 3 amide bonds. The number of amides is 3. The molecule has 1 fully saturated rings. The normalized spacial score (nSPS) is 15.6. The number of aromatic nitrogens is 1.